The first kappa shape index (κ1) is 9.73. The maximum absolute atomic E-state index is 11.2. The van der Waals surface area contributed by atoms with Gasteiger partial charge in [0.05, 0.1) is 5.56 Å². The molecule has 1 rings (SSSR count). The summed E-state index contributed by atoms with van der Waals surface area (Å²) in [7, 11) is 0. The second kappa shape index (κ2) is 4.04. The lowest BCUT2D eigenvalue weighted by Crippen LogP contribution is -2.17. The SMILES string of the molecule is CCOCc1nc(N)c(C)c(=O)[nH]1. The van der Waals surface area contributed by atoms with Crippen LogP contribution in [0.2, 0.25) is 0 Å². The molecule has 3 N–H and O–H groups in total. The summed E-state index contributed by atoms with van der Waals surface area (Å²) in [6.07, 6.45) is 0. The van der Waals surface area contributed by atoms with Crippen molar-refractivity contribution in [1.82, 2.24) is 9.97 Å². The highest BCUT2D eigenvalue weighted by atomic mass is 16.5. The molecule has 0 aliphatic rings. The molecule has 0 saturated heterocycles. The first-order valence-electron chi connectivity index (χ1n) is 4.08. The number of rotatable bonds is 3. The number of hydrogen-bond donors (Lipinski definition) is 2. The van der Waals surface area contributed by atoms with E-state index < -0.39 is 0 Å². The Morgan fingerprint density at radius 1 is 1.62 bits per heavy atom. The molecular weight excluding hydrogens is 170 g/mol. The van der Waals surface area contributed by atoms with E-state index in [4.69, 9.17) is 10.5 Å². The van der Waals surface area contributed by atoms with E-state index in [1.807, 2.05) is 6.92 Å². The summed E-state index contributed by atoms with van der Waals surface area (Å²) in [5, 5.41) is 0. The fraction of sp³-hybridized carbons (Fsp3) is 0.500. The van der Waals surface area contributed by atoms with Crippen LogP contribution in [0, 0.1) is 6.92 Å². The molecule has 0 aliphatic carbocycles. The van der Waals surface area contributed by atoms with Gasteiger partial charge in [-0.2, -0.15) is 0 Å². The van der Waals surface area contributed by atoms with E-state index >= 15 is 0 Å². The third-order valence-corrected chi connectivity index (χ3v) is 1.68. The van der Waals surface area contributed by atoms with Crippen LogP contribution in [0.1, 0.15) is 18.3 Å². The van der Waals surface area contributed by atoms with Gasteiger partial charge in [0.25, 0.3) is 5.56 Å². The Kier molecular flexibility index (Phi) is 3.02. The molecule has 5 heteroatoms. The average molecular weight is 183 g/mol. The number of nitrogens with two attached hydrogens (primary N) is 1. The minimum Gasteiger partial charge on any atom is -0.383 e. The van der Waals surface area contributed by atoms with Crippen molar-refractivity contribution in [3.05, 3.63) is 21.7 Å². The van der Waals surface area contributed by atoms with Crippen LogP contribution in [0.4, 0.5) is 5.82 Å². The number of ether oxygens (including phenoxy) is 1. The normalized spacial score (nSPS) is 10.3. The molecule has 1 aromatic heterocycles. The highest BCUT2D eigenvalue weighted by Crippen LogP contribution is 2.00. The quantitative estimate of drug-likeness (QED) is 0.701. The molecule has 0 amide bonds. The largest absolute Gasteiger partial charge is 0.383 e. The number of anilines is 1. The van der Waals surface area contributed by atoms with Crippen LogP contribution in [-0.4, -0.2) is 16.6 Å². The first-order valence-corrected chi connectivity index (χ1v) is 4.08. The lowest BCUT2D eigenvalue weighted by Gasteiger charge is -2.03. The fourth-order valence-electron chi connectivity index (χ4n) is 0.865. The number of nitrogens with zero attached hydrogens (tertiary/aromatic N) is 1. The van der Waals surface area contributed by atoms with Crippen molar-refractivity contribution in [3.63, 3.8) is 0 Å². The predicted octanol–water partition coefficient (Wildman–Crippen LogP) is 0.197. The van der Waals surface area contributed by atoms with Gasteiger partial charge in [-0.1, -0.05) is 0 Å². The minimum atomic E-state index is -0.206. The molecule has 0 fully saturated rings. The average Bonchev–Trinajstić information content (AvgIpc) is 2.10. The van der Waals surface area contributed by atoms with Gasteiger partial charge >= 0.3 is 0 Å². The van der Waals surface area contributed by atoms with Crippen LogP contribution in [0.3, 0.4) is 0 Å². The second-order valence-corrected chi connectivity index (χ2v) is 2.66. The van der Waals surface area contributed by atoms with Gasteiger partial charge in [-0.25, -0.2) is 4.98 Å². The van der Waals surface area contributed by atoms with Gasteiger partial charge in [0.15, 0.2) is 0 Å². The maximum Gasteiger partial charge on any atom is 0.255 e. The fourth-order valence-corrected chi connectivity index (χ4v) is 0.865. The number of nitrogen functional groups attached to an aromatic ring is 1. The molecule has 0 saturated carbocycles. The molecule has 0 unspecified atom stereocenters. The van der Waals surface area contributed by atoms with Crippen molar-refractivity contribution in [2.24, 2.45) is 0 Å². The van der Waals surface area contributed by atoms with Crippen molar-refractivity contribution in [1.29, 1.82) is 0 Å². The summed E-state index contributed by atoms with van der Waals surface area (Å²) in [6.45, 7) is 4.37. The van der Waals surface area contributed by atoms with Crippen molar-refractivity contribution >= 4 is 5.82 Å². The van der Waals surface area contributed by atoms with Crippen LogP contribution in [-0.2, 0) is 11.3 Å². The van der Waals surface area contributed by atoms with E-state index in [0.717, 1.165) is 0 Å². The third kappa shape index (κ3) is 2.29. The maximum atomic E-state index is 11.2. The number of aromatic amines is 1. The predicted molar refractivity (Wildman–Crippen MR) is 49.3 cm³/mol. The number of nitrogens with one attached hydrogen (secondary N) is 1. The van der Waals surface area contributed by atoms with Gasteiger partial charge in [0.1, 0.15) is 18.2 Å². The molecule has 1 aromatic rings. The van der Waals surface area contributed by atoms with Gasteiger partial charge in [0.2, 0.25) is 0 Å². The molecule has 13 heavy (non-hydrogen) atoms. The molecule has 0 aliphatic heterocycles. The lowest BCUT2D eigenvalue weighted by molar-refractivity contribution is 0.128. The van der Waals surface area contributed by atoms with Gasteiger partial charge in [-0.05, 0) is 13.8 Å². The summed E-state index contributed by atoms with van der Waals surface area (Å²) < 4.78 is 5.08. The Morgan fingerprint density at radius 2 is 2.31 bits per heavy atom. The van der Waals surface area contributed by atoms with E-state index in [0.29, 0.717) is 18.0 Å². The third-order valence-electron chi connectivity index (χ3n) is 1.68. The van der Waals surface area contributed by atoms with E-state index in [9.17, 15) is 4.79 Å². The zero-order valence-electron chi connectivity index (χ0n) is 7.76. The highest BCUT2D eigenvalue weighted by Gasteiger charge is 2.03. The Balaban J connectivity index is 2.93. The Morgan fingerprint density at radius 3 is 2.85 bits per heavy atom. The van der Waals surface area contributed by atoms with Crippen molar-refractivity contribution < 1.29 is 4.74 Å². The second-order valence-electron chi connectivity index (χ2n) is 2.66. The van der Waals surface area contributed by atoms with Gasteiger partial charge in [-0.15, -0.1) is 0 Å². The molecule has 0 radical (unpaired) electrons. The summed E-state index contributed by atoms with van der Waals surface area (Å²) in [5.74, 6) is 0.730. The van der Waals surface area contributed by atoms with Crippen molar-refractivity contribution in [2.75, 3.05) is 12.3 Å². The lowest BCUT2D eigenvalue weighted by atomic mass is 10.3. The van der Waals surface area contributed by atoms with E-state index in [-0.39, 0.29) is 18.0 Å². The molecule has 0 bridgehead atoms. The topological polar surface area (TPSA) is 81.0 Å². The van der Waals surface area contributed by atoms with Crippen LogP contribution < -0.4 is 11.3 Å². The molecule has 0 atom stereocenters. The first-order chi connectivity index (χ1) is 6.15. The van der Waals surface area contributed by atoms with Crippen LogP contribution in [0.5, 0.6) is 0 Å². The minimum absolute atomic E-state index is 0.206. The molecule has 1 heterocycles. The molecule has 0 aromatic carbocycles. The van der Waals surface area contributed by atoms with Crippen molar-refractivity contribution in [2.45, 2.75) is 20.5 Å². The standard InChI is InChI=1S/C8H13N3O2/c1-3-13-4-6-10-7(9)5(2)8(12)11-6/h3-4H2,1-2H3,(H3,9,10,11,12). The summed E-state index contributed by atoms with van der Waals surface area (Å²) in [4.78, 5) is 17.7. The summed E-state index contributed by atoms with van der Waals surface area (Å²) >= 11 is 0. The van der Waals surface area contributed by atoms with Crippen LogP contribution in [0.25, 0.3) is 0 Å². The monoisotopic (exact) mass is 183 g/mol. The Labute approximate surface area is 75.9 Å². The summed E-state index contributed by atoms with van der Waals surface area (Å²) in [5.41, 5.74) is 5.74. The van der Waals surface area contributed by atoms with Gasteiger partial charge in [-0.3, -0.25) is 4.79 Å². The van der Waals surface area contributed by atoms with Gasteiger partial charge in [0, 0.05) is 6.61 Å². The van der Waals surface area contributed by atoms with Crippen LogP contribution >= 0.6 is 0 Å². The number of hydrogen-bond acceptors (Lipinski definition) is 4. The Hall–Kier alpha value is -1.36. The zero-order chi connectivity index (χ0) is 9.84. The highest BCUT2D eigenvalue weighted by molar-refractivity contribution is 5.35. The molecule has 0 spiro atoms. The summed E-state index contributed by atoms with van der Waals surface area (Å²) in [6, 6.07) is 0. The Bertz CT molecular complexity index is 346. The molecule has 72 valence electrons. The van der Waals surface area contributed by atoms with Crippen LogP contribution in [0.15, 0.2) is 4.79 Å². The van der Waals surface area contributed by atoms with E-state index in [1.165, 1.54) is 0 Å². The molecule has 5 nitrogen and oxygen atoms in total. The van der Waals surface area contributed by atoms with E-state index in [1.54, 1.807) is 6.92 Å². The van der Waals surface area contributed by atoms with Crippen molar-refractivity contribution in [3.8, 4) is 0 Å². The van der Waals surface area contributed by atoms with E-state index in [2.05, 4.69) is 9.97 Å². The van der Waals surface area contributed by atoms with Gasteiger partial charge < -0.3 is 15.5 Å². The zero-order valence-corrected chi connectivity index (χ0v) is 7.76. The number of H-pyrrole nitrogens is 1. The number of aromatic nitrogens is 2. The molecular formula is C8H13N3O2. The smallest absolute Gasteiger partial charge is 0.255 e.